The Morgan fingerprint density at radius 2 is 1.59 bits per heavy atom. The molecule has 4 amide bonds. The average Bonchev–Trinajstić information content (AvgIpc) is 2.87. The van der Waals surface area contributed by atoms with E-state index in [2.05, 4.69) is 17.6 Å². The van der Waals surface area contributed by atoms with E-state index in [0.29, 0.717) is 17.7 Å². The summed E-state index contributed by atoms with van der Waals surface area (Å²) in [6.07, 6.45) is 2.14. The number of ether oxygens (including phenoxy) is 1. The number of carbonyl (C=O) groups is 4. The summed E-state index contributed by atoms with van der Waals surface area (Å²) in [6.45, 7) is 13.2. The Balaban J connectivity index is 2.62. The number of alkyl carbamates (subject to hydrolysis) is 1. The summed E-state index contributed by atoms with van der Waals surface area (Å²) in [6, 6.07) is 10.7. The monoisotopic (exact) mass is 566 g/mol. The van der Waals surface area contributed by atoms with Gasteiger partial charge in [-0.25, -0.2) is 4.79 Å². The molecule has 9 heteroatoms. The highest BCUT2D eigenvalue weighted by Gasteiger charge is 2.37. The third-order valence-corrected chi connectivity index (χ3v) is 6.83. The number of nitrogens with zero attached hydrogens (tertiary/aromatic N) is 1. The smallest absolute Gasteiger partial charge is 0.408 e. The first-order chi connectivity index (χ1) is 19.2. The number of benzene rings is 2. The van der Waals surface area contributed by atoms with Gasteiger partial charge in [0, 0.05) is 12.2 Å². The van der Waals surface area contributed by atoms with Gasteiger partial charge in [-0.15, -0.1) is 0 Å². The molecule has 2 aromatic rings. The van der Waals surface area contributed by atoms with Crippen LogP contribution in [-0.2, 0) is 19.1 Å². The molecule has 0 fully saturated rings. The van der Waals surface area contributed by atoms with Crippen LogP contribution in [0.3, 0.4) is 0 Å². The Kier molecular flexibility index (Phi) is 12.4. The van der Waals surface area contributed by atoms with Crippen LogP contribution in [-0.4, -0.2) is 46.9 Å². The van der Waals surface area contributed by atoms with E-state index < -0.39 is 47.9 Å². The molecule has 2 atom stereocenters. The fraction of sp³-hybridized carbons (Fsp3) is 0.500. The molecule has 2 rings (SSSR count). The first-order valence-corrected chi connectivity index (χ1v) is 14.3. The second-order valence-electron chi connectivity index (χ2n) is 11.5. The highest BCUT2D eigenvalue weighted by Crippen LogP contribution is 2.30. The molecule has 0 aliphatic rings. The number of aryl methyl sites for hydroxylation is 2. The second-order valence-corrected chi connectivity index (χ2v) is 11.5. The number of para-hydroxylation sites is 1. The Hall–Kier alpha value is -3.88. The lowest BCUT2D eigenvalue weighted by atomic mass is 9.94. The predicted octanol–water partition coefficient (Wildman–Crippen LogP) is 5.47. The minimum absolute atomic E-state index is 0.239. The van der Waals surface area contributed by atoms with Crippen LogP contribution in [0.25, 0.3) is 0 Å². The summed E-state index contributed by atoms with van der Waals surface area (Å²) in [5.41, 5.74) is 8.69. The van der Waals surface area contributed by atoms with Crippen molar-refractivity contribution in [2.24, 2.45) is 5.73 Å². The van der Waals surface area contributed by atoms with Gasteiger partial charge in [0.05, 0.1) is 6.42 Å². The number of nitrogens with one attached hydrogen (secondary N) is 2. The number of rotatable bonds is 13. The lowest BCUT2D eigenvalue weighted by Crippen LogP contribution is -2.53. The van der Waals surface area contributed by atoms with Crippen molar-refractivity contribution >= 4 is 29.5 Å². The summed E-state index contributed by atoms with van der Waals surface area (Å²) >= 11 is 0. The molecule has 2 aromatic carbocycles. The van der Waals surface area contributed by atoms with Crippen molar-refractivity contribution in [2.45, 2.75) is 98.3 Å². The predicted molar refractivity (Wildman–Crippen MR) is 161 cm³/mol. The van der Waals surface area contributed by atoms with Crippen molar-refractivity contribution in [1.82, 2.24) is 10.2 Å². The fourth-order valence-corrected chi connectivity index (χ4v) is 4.56. The molecule has 4 N–H and O–H groups in total. The summed E-state index contributed by atoms with van der Waals surface area (Å²) in [7, 11) is 0. The summed E-state index contributed by atoms with van der Waals surface area (Å²) in [5, 5.41) is 5.54. The van der Waals surface area contributed by atoms with Crippen LogP contribution in [0.15, 0.2) is 42.5 Å². The van der Waals surface area contributed by atoms with Gasteiger partial charge >= 0.3 is 6.09 Å². The van der Waals surface area contributed by atoms with Gasteiger partial charge in [0.25, 0.3) is 5.91 Å². The Labute approximate surface area is 244 Å². The molecule has 0 aliphatic heterocycles. The van der Waals surface area contributed by atoms with Crippen molar-refractivity contribution in [1.29, 1.82) is 0 Å². The molecule has 0 heterocycles. The van der Waals surface area contributed by atoms with E-state index in [-0.39, 0.29) is 6.54 Å². The highest BCUT2D eigenvalue weighted by atomic mass is 16.6. The zero-order valence-corrected chi connectivity index (χ0v) is 25.5. The first-order valence-electron chi connectivity index (χ1n) is 14.3. The SMILES string of the molecule is CCCCCCN(C(=O)C(CC(N)=O)NC(=O)OC(C)(C)C)C(C(=O)Nc1ccccc1C)c1cccc(C)c1C. The quantitative estimate of drug-likeness (QED) is 0.277. The van der Waals surface area contributed by atoms with E-state index in [0.717, 1.165) is 36.0 Å². The van der Waals surface area contributed by atoms with Gasteiger partial charge in [0.2, 0.25) is 11.8 Å². The largest absolute Gasteiger partial charge is 0.444 e. The van der Waals surface area contributed by atoms with Gasteiger partial charge < -0.3 is 26.0 Å². The van der Waals surface area contributed by atoms with Crippen LogP contribution in [0, 0.1) is 20.8 Å². The van der Waals surface area contributed by atoms with Crippen molar-refractivity contribution < 1.29 is 23.9 Å². The molecule has 0 aromatic heterocycles. The van der Waals surface area contributed by atoms with E-state index >= 15 is 0 Å². The lowest BCUT2D eigenvalue weighted by Gasteiger charge is -2.35. The van der Waals surface area contributed by atoms with E-state index in [1.54, 1.807) is 26.8 Å². The Bertz CT molecular complexity index is 1220. The van der Waals surface area contributed by atoms with Crippen LogP contribution in [0.1, 0.15) is 88.1 Å². The van der Waals surface area contributed by atoms with Crippen LogP contribution >= 0.6 is 0 Å². The van der Waals surface area contributed by atoms with Crippen LogP contribution in [0.5, 0.6) is 0 Å². The maximum absolute atomic E-state index is 14.2. The van der Waals surface area contributed by atoms with Gasteiger partial charge in [-0.3, -0.25) is 14.4 Å². The molecule has 0 saturated carbocycles. The topological polar surface area (TPSA) is 131 Å². The molecule has 224 valence electrons. The number of amides is 4. The lowest BCUT2D eigenvalue weighted by molar-refractivity contribution is -0.142. The average molecular weight is 567 g/mol. The Morgan fingerprint density at radius 1 is 0.927 bits per heavy atom. The summed E-state index contributed by atoms with van der Waals surface area (Å²) in [4.78, 5) is 54.6. The van der Waals surface area contributed by atoms with Crippen molar-refractivity contribution in [3.8, 4) is 0 Å². The molecule has 2 unspecified atom stereocenters. The second kappa shape index (κ2) is 15.2. The van der Waals surface area contributed by atoms with E-state index in [1.165, 1.54) is 4.90 Å². The minimum Gasteiger partial charge on any atom is -0.444 e. The summed E-state index contributed by atoms with van der Waals surface area (Å²) < 4.78 is 5.36. The van der Waals surface area contributed by atoms with Crippen molar-refractivity contribution in [3.63, 3.8) is 0 Å². The van der Waals surface area contributed by atoms with Crippen molar-refractivity contribution in [2.75, 3.05) is 11.9 Å². The van der Waals surface area contributed by atoms with E-state index in [4.69, 9.17) is 10.5 Å². The number of hydrogen-bond donors (Lipinski definition) is 3. The zero-order valence-electron chi connectivity index (χ0n) is 25.5. The molecule has 41 heavy (non-hydrogen) atoms. The maximum Gasteiger partial charge on any atom is 0.408 e. The van der Waals surface area contributed by atoms with E-state index in [1.807, 2.05) is 57.2 Å². The van der Waals surface area contributed by atoms with Gasteiger partial charge in [-0.2, -0.15) is 0 Å². The normalized spacial score (nSPS) is 12.7. The molecule has 0 spiro atoms. The van der Waals surface area contributed by atoms with Crippen LogP contribution in [0.4, 0.5) is 10.5 Å². The number of anilines is 1. The molecule has 0 saturated heterocycles. The molecular weight excluding hydrogens is 520 g/mol. The molecule has 0 aliphatic carbocycles. The van der Waals surface area contributed by atoms with E-state index in [9.17, 15) is 19.2 Å². The third kappa shape index (κ3) is 10.2. The number of nitrogens with two attached hydrogens (primary N) is 1. The number of carbonyl (C=O) groups excluding carboxylic acids is 4. The fourth-order valence-electron chi connectivity index (χ4n) is 4.56. The van der Waals surface area contributed by atoms with Crippen molar-refractivity contribution in [3.05, 3.63) is 64.7 Å². The third-order valence-electron chi connectivity index (χ3n) is 6.83. The standard InChI is InChI=1S/C32H46N4O5/c1-8-9-10-13-19-36(30(39)26(20-27(33)37)35-31(40)41-32(5,6)7)28(24-17-14-16-21(2)23(24)4)29(38)34-25-18-12-11-15-22(25)3/h11-12,14-18,26,28H,8-10,13,19-20H2,1-7H3,(H2,33,37)(H,34,38)(H,35,40). The van der Waals surface area contributed by atoms with Crippen LogP contribution in [0.2, 0.25) is 0 Å². The number of unbranched alkanes of at least 4 members (excludes halogenated alkanes) is 3. The number of primary amides is 1. The molecule has 9 nitrogen and oxygen atoms in total. The van der Waals surface area contributed by atoms with Gasteiger partial charge in [-0.05, 0) is 76.3 Å². The van der Waals surface area contributed by atoms with Gasteiger partial charge in [-0.1, -0.05) is 62.6 Å². The first kappa shape index (κ1) is 33.3. The highest BCUT2D eigenvalue weighted by molar-refractivity contribution is 6.00. The molecular formula is C32H46N4O5. The van der Waals surface area contributed by atoms with Crippen LogP contribution < -0.4 is 16.4 Å². The Morgan fingerprint density at radius 3 is 2.20 bits per heavy atom. The zero-order chi connectivity index (χ0) is 30.7. The summed E-state index contributed by atoms with van der Waals surface area (Å²) in [5.74, 6) is -1.75. The van der Waals surface area contributed by atoms with Gasteiger partial charge in [0.1, 0.15) is 17.7 Å². The molecule has 0 radical (unpaired) electrons. The van der Waals surface area contributed by atoms with Gasteiger partial charge in [0.15, 0.2) is 0 Å². The molecule has 0 bridgehead atoms. The number of hydrogen-bond acceptors (Lipinski definition) is 5. The minimum atomic E-state index is -1.31. The maximum atomic E-state index is 14.2.